The first-order valence-electron chi connectivity index (χ1n) is 9.07. The van der Waals surface area contributed by atoms with Gasteiger partial charge < -0.3 is 15.0 Å². The Labute approximate surface area is 163 Å². The molecular weight excluding hydrogens is 370 g/mol. The maximum absolute atomic E-state index is 12.5. The highest BCUT2D eigenvalue weighted by atomic mass is 35.5. The summed E-state index contributed by atoms with van der Waals surface area (Å²) in [6, 6.07) is 5.31. The van der Waals surface area contributed by atoms with Gasteiger partial charge in [0.2, 0.25) is 5.91 Å². The summed E-state index contributed by atoms with van der Waals surface area (Å²) in [5.74, 6) is 0.656. The van der Waals surface area contributed by atoms with E-state index in [0.29, 0.717) is 29.8 Å². The number of piperidine rings is 1. The second-order valence-electron chi connectivity index (χ2n) is 7.29. The minimum absolute atomic E-state index is 0.0114. The second-order valence-corrected chi connectivity index (χ2v) is 7.70. The lowest BCUT2D eigenvalue weighted by molar-refractivity contribution is -0.133. The molecule has 2 heterocycles. The normalized spacial score (nSPS) is 23.1. The van der Waals surface area contributed by atoms with Gasteiger partial charge in [-0.15, -0.1) is 0 Å². The summed E-state index contributed by atoms with van der Waals surface area (Å²) in [4.78, 5) is 37.5. The zero-order valence-electron chi connectivity index (χ0n) is 15.5. The van der Waals surface area contributed by atoms with Crippen molar-refractivity contribution in [2.45, 2.75) is 44.1 Å². The van der Waals surface area contributed by atoms with E-state index < -0.39 is 11.6 Å². The molecule has 2 fully saturated rings. The first-order chi connectivity index (χ1) is 12.8. The van der Waals surface area contributed by atoms with Crippen molar-refractivity contribution < 1.29 is 19.1 Å². The molecule has 0 radical (unpaired) electrons. The van der Waals surface area contributed by atoms with Crippen molar-refractivity contribution in [1.82, 2.24) is 15.5 Å². The van der Waals surface area contributed by atoms with E-state index in [2.05, 4.69) is 10.6 Å². The molecule has 0 spiro atoms. The minimum Gasteiger partial charge on any atom is -0.495 e. The first-order valence-corrected chi connectivity index (χ1v) is 9.45. The van der Waals surface area contributed by atoms with Crippen LogP contribution in [-0.2, 0) is 9.59 Å². The fourth-order valence-electron chi connectivity index (χ4n) is 3.66. The number of nitrogens with one attached hydrogen (secondary N) is 2. The Morgan fingerprint density at radius 3 is 2.63 bits per heavy atom. The Kier molecular flexibility index (Phi) is 5.60. The van der Waals surface area contributed by atoms with Crippen molar-refractivity contribution in [3.63, 3.8) is 0 Å². The molecule has 7 nitrogen and oxygen atoms in total. The number of amides is 4. The Hall–Kier alpha value is -2.28. The topological polar surface area (TPSA) is 87.7 Å². The number of nitrogens with zero attached hydrogens (tertiary/aromatic N) is 1. The van der Waals surface area contributed by atoms with Crippen molar-refractivity contribution in [2.75, 3.05) is 20.2 Å². The van der Waals surface area contributed by atoms with Crippen molar-refractivity contribution in [1.29, 1.82) is 0 Å². The molecule has 27 heavy (non-hydrogen) atoms. The maximum atomic E-state index is 12.5. The molecule has 0 saturated carbocycles. The molecule has 2 aliphatic rings. The number of imide groups is 1. The number of urea groups is 1. The summed E-state index contributed by atoms with van der Waals surface area (Å²) in [5.41, 5.74) is 0.159. The molecule has 4 amide bonds. The summed E-state index contributed by atoms with van der Waals surface area (Å²) < 4.78 is 5.28. The minimum atomic E-state index is -1.01. The molecule has 146 valence electrons. The van der Waals surface area contributed by atoms with E-state index in [4.69, 9.17) is 16.3 Å². The van der Waals surface area contributed by atoms with Crippen molar-refractivity contribution in [3.8, 4) is 5.75 Å². The van der Waals surface area contributed by atoms with Gasteiger partial charge in [-0.1, -0.05) is 17.7 Å². The summed E-state index contributed by atoms with van der Waals surface area (Å²) in [6.45, 7) is 2.98. The standard InChI is InChI=1S/C19H24ClN3O4/c1-19(17(25)21-18(26)22-19)8-5-16(24)23-9-6-12(7-10-23)13-3-4-14(20)15(11-13)27-2/h3-4,11-12H,5-10H2,1-2H3,(H2,21,22,25,26). The third-order valence-electron chi connectivity index (χ3n) is 5.45. The van der Waals surface area contributed by atoms with Gasteiger partial charge in [0, 0.05) is 19.5 Å². The maximum Gasteiger partial charge on any atom is 0.322 e. The van der Waals surface area contributed by atoms with E-state index >= 15 is 0 Å². The first kappa shape index (κ1) is 19.5. The Bertz CT molecular complexity index is 761. The zero-order valence-corrected chi connectivity index (χ0v) is 16.3. The fraction of sp³-hybridized carbons (Fsp3) is 0.526. The lowest BCUT2D eigenvalue weighted by Crippen LogP contribution is -2.45. The van der Waals surface area contributed by atoms with Gasteiger partial charge in [-0.2, -0.15) is 0 Å². The van der Waals surface area contributed by atoms with Gasteiger partial charge in [-0.3, -0.25) is 14.9 Å². The fourth-order valence-corrected chi connectivity index (χ4v) is 3.86. The number of hydrogen-bond acceptors (Lipinski definition) is 4. The lowest BCUT2D eigenvalue weighted by Gasteiger charge is -2.33. The highest BCUT2D eigenvalue weighted by Gasteiger charge is 2.42. The number of rotatable bonds is 5. The molecule has 2 aliphatic heterocycles. The van der Waals surface area contributed by atoms with Crippen molar-refractivity contribution in [2.24, 2.45) is 0 Å². The lowest BCUT2D eigenvalue weighted by atomic mass is 9.89. The molecular formula is C19H24ClN3O4. The van der Waals surface area contributed by atoms with Gasteiger partial charge in [0.15, 0.2) is 0 Å². The average molecular weight is 394 g/mol. The summed E-state index contributed by atoms with van der Waals surface area (Å²) in [7, 11) is 1.60. The quantitative estimate of drug-likeness (QED) is 0.752. The van der Waals surface area contributed by atoms with Crippen LogP contribution >= 0.6 is 11.6 Å². The van der Waals surface area contributed by atoms with Crippen LogP contribution in [0.4, 0.5) is 4.79 Å². The van der Waals surface area contributed by atoms with Gasteiger partial charge in [-0.25, -0.2) is 4.79 Å². The van der Waals surface area contributed by atoms with Crippen LogP contribution in [0.5, 0.6) is 5.75 Å². The number of carbonyl (C=O) groups excluding carboxylic acids is 3. The number of benzene rings is 1. The van der Waals surface area contributed by atoms with Crippen LogP contribution in [0, 0.1) is 0 Å². The second kappa shape index (κ2) is 7.76. The predicted molar refractivity (Wildman–Crippen MR) is 101 cm³/mol. The van der Waals surface area contributed by atoms with E-state index in [9.17, 15) is 14.4 Å². The monoisotopic (exact) mass is 393 g/mol. The van der Waals surface area contributed by atoms with Gasteiger partial charge in [-0.05, 0) is 49.8 Å². The van der Waals surface area contributed by atoms with Gasteiger partial charge in [0.25, 0.3) is 5.91 Å². The van der Waals surface area contributed by atoms with Gasteiger partial charge in [0.1, 0.15) is 11.3 Å². The molecule has 1 unspecified atom stereocenters. The predicted octanol–water partition coefficient (Wildman–Crippen LogP) is 2.43. The Morgan fingerprint density at radius 1 is 1.33 bits per heavy atom. The molecule has 0 aromatic heterocycles. The van der Waals surface area contributed by atoms with Crippen LogP contribution in [0.15, 0.2) is 18.2 Å². The van der Waals surface area contributed by atoms with Crippen molar-refractivity contribution in [3.05, 3.63) is 28.8 Å². The number of halogens is 1. The molecule has 8 heteroatoms. The number of likely N-dealkylation sites (tertiary alicyclic amines) is 1. The van der Waals surface area contributed by atoms with Crippen LogP contribution < -0.4 is 15.4 Å². The molecule has 1 aromatic carbocycles. The van der Waals surface area contributed by atoms with E-state index in [0.717, 1.165) is 12.8 Å². The van der Waals surface area contributed by atoms with Gasteiger partial charge in [0.05, 0.1) is 12.1 Å². The van der Waals surface area contributed by atoms with Gasteiger partial charge >= 0.3 is 6.03 Å². The number of ether oxygens (including phenoxy) is 1. The highest BCUT2D eigenvalue weighted by Crippen LogP contribution is 2.33. The molecule has 3 rings (SSSR count). The summed E-state index contributed by atoms with van der Waals surface area (Å²) >= 11 is 6.09. The van der Waals surface area contributed by atoms with Crippen LogP contribution in [0.1, 0.15) is 44.1 Å². The zero-order chi connectivity index (χ0) is 19.6. The van der Waals surface area contributed by atoms with E-state index in [1.54, 1.807) is 14.0 Å². The Morgan fingerprint density at radius 2 is 2.04 bits per heavy atom. The van der Waals surface area contributed by atoms with Crippen LogP contribution in [0.2, 0.25) is 5.02 Å². The third kappa shape index (κ3) is 4.18. The van der Waals surface area contributed by atoms with Crippen LogP contribution in [-0.4, -0.2) is 48.5 Å². The molecule has 1 aromatic rings. The highest BCUT2D eigenvalue weighted by molar-refractivity contribution is 6.32. The average Bonchev–Trinajstić information content (AvgIpc) is 2.92. The van der Waals surface area contributed by atoms with Crippen LogP contribution in [0.3, 0.4) is 0 Å². The molecule has 1 atom stereocenters. The third-order valence-corrected chi connectivity index (χ3v) is 5.76. The Balaban J connectivity index is 1.52. The molecule has 2 N–H and O–H groups in total. The number of methoxy groups -OCH3 is 1. The SMILES string of the molecule is COc1cc(C2CCN(C(=O)CCC3(C)NC(=O)NC3=O)CC2)ccc1Cl. The molecule has 0 aliphatic carbocycles. The molecule has 0 bridgehead atoms. The number of carbonyl (C=O) groups is 3. The van der Waals surface area contributed by atoms with E-state index in [-0.39, 0.29) is 24.7 Å². The smallest absolute Gasteiger partial charge is 0.322 e. The largest absolute Gasteiger partial charge is 0.495 e. The van der Waals surface area contributed by atoms with E-state index in [1.807, 2.05) is 23.1 Å². The molecule has 2 saturated heterocycles. The number of hydrogen-bond donors (Lipinski definition) is 2. The van der Waals surface area contributed by atoms with Crippen molar-refractivity contribution >= 4 is 29.4 Å². The van der Waals surface area contributed by atoms with E-state index in [1.165, 1.54) is 5.56 Å². The summed E-state index contributed by atoms with van der Waals surface area (Å²) in [6.07, 6.45) is 2.25. The van der Waals surface area contributed by atoms with Crippen LogP contribution in [0.25, 0.3) is 0 Å². The summed E-state index contributed by atoms with van der Waals surface area (Å²) in [5, 5.41) is 5.39.